The van der Waals surface area contributed by atoms with Crippen LogP contribution in [0.3, 0.4) is 0 Å². The highest BCUT2D eigenvalue weighted by Crippen LogP contribution is 2.39. The van der Waals surface area contributed by atoms with Gasteiger partial charge in [-0.15, -0.1) is 22.2 Å². The maximum Gasteiger partial charge on any atom is 0.251 e. The fourth-order valence-electron chi connectivity index (χ4n) is 1.17. The lowest BCUT2D eigenvalue weighted by Gasteiger charge is -2.04. The third kappa shape index (κ3) is 1.64. The summed E-state index contributed by atoms with van der Waals surface area (Å²) >= 11 is 11.9. The highest BCUT2D eigenvalue weighted by atomic mass is 35.7. The average Bonchev–Trinajstić information content (AvgIpc) is 1.82. The predicted molar refractivity (Wildman–Crippen MR) is 40.9 cm³/mol. The second kappa shape index (κ2) is 2.20. The second-order valence-corrected chi connectivity index (χ2v) is 10.2. The molecular weight excluding hydrogens is 159 g/mol. The van der Waals surface area contributed by atoms with Gasteiger partial charge in [-0.1, -0.05) is 13.3 Å². The maximum atomic E-state index is 5.97. The van der Waals surface area contributed by atoms with Crippen LogP contribution in [-0.4, -0.2) is 6.69 Å². The molecule has 0 aromatic rings. The quantitative estimate of drug-likeness (QED) is 0.386. The number of rotatable bonds is 0. The van der Waals surface area contributed by atoms with Crippen molar-refractivity contribution in [1.82, 2.24) is 0 Å². The van der Waals surface area contributed by atoms with Crippen molar-refractivity contribution in [2.24, 2.45) is 5.92 Å². The molecule has 0 spiro atoms. The van der Waals surface area contributed by atoms with Crippen LogP contribution in [0.15, 0.2) is 0 Å². The molecular formula is C5H10Cl2Si. The molecule has 1 atom stereocenters. The van der Waals surface area contributed by atoms with E-state index in [1.807, 2.05) is 0 Å². The zero-order valence-electron chi connectivity index (χ0n) is 4.95. The summed E-state index contributed by atoms with van der Waals surface area (Å²) in [7, 11) is 0. The molecule has 1 saturated heterocycles. The molecule has 3 heteroatoms. The standard InChI is InChI=1S/C5H10Cl2Si/c1-5-2-3-8(6,7)4-5/h5H,2-4H2,1H3. The van der Waals surface area contributed by atoms with Gasteiger partial charge in [-0.3, -0.25) is 0 Å². The van der Waals surface area contributed by atoms with Crippen LogP contribution in [0.4, 0.5) is 0 Å². The first-order valence-electron chi connectivity index (χ1n) is 2.98. The van der Waals surface area contributed by atoms with E-state index in [-0.39, 0.29) is 0 Å². The Hall–Kier alpha value is 0.797. The van der Waals surface area contributed by atoms with Gasteiger partial charge >= 0.3 is 0 Å². The largest absolute Gasteiger partial charge is 0.251 e. The van der Waals surface area contributed by atoms with Gasteiger partial charge in [0.05, 0.1) is 0 Å². The lowest BCUT2D eigenvalue weighted by Crippen LogP contribution is -2.11. The Morgan fingerprint density at radius 1 is 1.50 bits per heavy atom. The van der Waals surface area contributed by atoms with Crippen LogP contribution < -0.4 is 0 Å². The van der Waals surface area contributed by atoms with Crippen molar-refractivity contribution in [3.63, 3.8) is 0 Å². The lowest BCUT2D eigenvalue weighted by atomic mass is 10.2. The average molecular weight is 169 g/mol. The molecule has 0 radical (unpaired) electrons. The van der Waals surface area contributed by atoms with Gasteiger partial charge in [0, 0.05) is 0 Å². The van der Waals surface area contributed by atoms with Gasteiger partial charge in [0.15, 0.2) is 0 Å². The zero-order valence-corrected chi connectivity index (χ0v) is 7.47. The lowest BCUT2D eigenvalue weighted by molar-refractivity contribution is 0.658. The van der Waals surface area contributed by atoms with E-state index in [2.05, 4.69) is 6.92 Å². The molecule has 1 heterocycles. The molecule has 1 unspecified atom stereocenters. The van der Waals surface area contributed by atoms with Crippen molar-refractivity contribution in [2.75, 3.05) is 0 Å². The molecule has 1 rings (SSSR count). The minimum Gasteiger partial charge on any atom is -0.146 e. The van der Waals surface area contributed by atoms with Gasteiger partial charge in [0.1, 0.15) is 0 Å². The highest BCUT2D eigenvalue weighted by Gasteiger charge is 2.36. The van der Waals surface area contributed by atoms with Crippen LogP contribution in [0, 0.1) is 5.92 Å². The van der Waals surface area contributed by atoms with E-state index in [9.17, 15) is 0 Å². The summed E-state index contributed by atoms with van der Waals surface area (Å²) in [6.45, 7) is 0.563. The molecule has 0 N–H and O–H groups in total. The van der Waals surface area contributed by atoms with Gasteiger partial charge in [-0.25, -0.2) is 0 Å². The summed E-state index contributed by atoms with van der Waals surface area (Å²) < 4.78 is 0. The molecule has 1 fully saturated rings. The summed E-state index contributed by atoms with van der Waals surface area (Å²) in [4.78, 5) is 0. The van der Waals surface area contributed by atoms with Crippen molar-refractivity contribution in [3.8, 4) is 0 Å². The first-order chi connectivity index (χ1) is 3.60. The third-order valence-electron chi connectivity index (χ3n) is 1.65. The van der Waals surface area contributed by atoms with Crippen molar-refractivity contribution < 1.29 is 0 Å². The Labute approximate surface area is 60.6 Å². The van der Waals surface area contributed by atoms with Gasteiger partial charge in [0.2, 0.25) is 0 Å². The molecule has 0 aromatic heterocycles. The van der Waals surface area contributed by atoms with Gasteiger partial charge in [-0.2, -0.15) is 0 Å². The van der Waals surface area contributed by atoms with E-state index in [0.29, 0.717) is 0 Å². The van der Waals surface area contributed by atoms with Crippen molar-refractivity contribution >= 4 is 28.9 Å². The molecule has 0 bridgehead atoms. The highest BCUT2D eigenvalue weighted by molar-refractivity contribution is 7.45. The molecule has 8 heavy (non-hydrogen) atoms. The molecule has 0 aliphatic carbocycles. The fraction of sp³-hybridized carbons (Fsp3) is 1.00. The van der Waals surface area contributed by atoms with Crippen molar-refractivity contribution in [3.05, 3.63) is 0 Å². The van der Waals surface area contributed by atoms with Crippen LogP contribution >= 0.6 is 22.2 Å². The van der Waals surface area contributed by atoms with E-state index in [1.54, 1.807) is 0 Å². The maximum absolute atomic E-state index is 5.97. The van der Waals surface area contributed by atoms with Crippen LogP contribution in [0.2, 0.25) is 12.1 Å². The summed E-state index contributed by atoms with van der Waals surface area (Å²) in [6.07, 6.45) is 1.25. The van der Waals surface area contributed by atoms with Crippen LogP contribution in [0.5, 0.6) is 0 Å². The monoisotopic (exact) mass is 168 g/mol. The van der Waals surface area contributed by atoms with E-state index in [0.717, 1.165) is 18.0 Å². The zero-order chi connectivity index (χ0) is 6.20. The molecule has 1 aliphatic heterocycles. The van der Waals surface area contributed by atoms with E-state index in [4.69, 9.17) is 22.2 Å². The minimum absolute atomic E-state index is 0.789. The summed E-state index contributed by atoms with van der Waals surface area (Å²) in [5, 5.41) is 0. The predicted octanol–water partition coefficient (Wildman–Crippen LogP) is 2.95. The SMILES string of the molecule is CC1CC[Si](Cl)(Cl)C1. The smallest absolute Gasteiger partial charge is 0.146 e. The number of halogens is 2. The Bertz CT molecular complexity index is 92.4. The summed E-state index contributed by atoms with van der Waals surface area (Å²) in [5.74, 6) is 0.789. The minimum atomic E-state index is -1.66. The van der Waals surface area contributed by atoms with Crippen LogP contribution in [0.25, 0.3) is 0 Å². The third-order valence-corrected chi connectivity index (χ3v) is 6.02. The van der Waals surface area contributed by atoms with Gasteiger partial charge in [0.25, 0.3) is 6.69 Å². The summed E-state index contributed by atoms with van der Waals surface area (Å²) in [5.41, 5.74) is 0. The van der Waals surface area contributed by atoms with Crippen molar-refractivity contribution in [1.29, 1.82) is 0 Å². The first kappa shape index (κ1) is 6.91. The van der Waals surface area contributed by atoms with Crippen LogP contribution in [0.1, 0.15) is 13.3 Å². The van der Waals surface area contributed by atoms with E-state index >= 15 is 0 Å². The second-order valence-electron chi connectivity index (χ2n) is 2.70. The molecule has 0 aromatic carbocycles. The molecule has 0 amide bonds. The van der Waals surface area contributed by atoms with Gasteiger partial charge < -0.3 is 0 Å². The summed E-state index contributed by atoms with van der Waals surface area (Å²) in [6, 6.07) is 2.22. The normalized spacial score (nSPS) is 35.6. The molecule has 0 nitrogen and oxygen atoms in total. The Balaban J connectivity index is 2.44. The number of hydrogen-bond acceptors (Lipinski definition) is 0. The Kier molecular flexibility index (Phi) is 1.90. The number of hydrogen-bond donors (Lipinski definition) is 0. The van der Waals surface area contributed by atoms with E-state index < -0.39 is 6.69 Å². The first-order valence-corrected chi connectivity index (χ1v) is 7.42. The Morgan fingerprint density at radius 3 is 2.25 bits per heavy atom. The van der Waals surface area contributed by atoms with E-state index in [1.165, 1.54) is 6.42 Å². The van der Waals surface area contributed by atoms with Crippen molar-refractivity contribution in [2.45, 2.75) is 25.4 Å². The molecule has 48 valence electrons. The fourth-order valence-corrected chi connectivity index (χ4v) is 5.75. The topological polar surface area (TPSA) is 0 Å². The molecule has 1 aliphatic rings. The van der Waals surface area contributed by atoms with Crippen LogP contribution in [-0.2, 0) is 0 Å². The van der Waals surface area contributed by atoms with Gasteiger partial charge in [-0.05, 0) is 18.0 Å². The molecule has 0 saturated carbocycles. The Morgan fingerprint density at radius 2 is 2.12 bits per heavy atom.